The molecule has 4 rings (SSSR count). The van der Waals surface area contributed by atoms with Crippen LogP contribution >= 0.6 is 0 Å². The first-order valence-electron chi connectivity index (χ1n) is 9.05. The van der Waals surface area contributed by atoms with Crippen molar-refractivity contribution < 1.29 is 14.1 Å². The normalized spacial score (nSPS) is 10.7. The number of hydrogen-bond donors (Lipinski definition) is 1. The van der Waals surface area contributed by atoms with Gasteiger partial charge < -0.3 is 19.1 Å². The summed E-state index contributed by atoms with van der Waals surface area (Å²) in [5.74, 6) is 2.20. The highest BCUT2D eigenvalue weighted by Gasteiger charge is 2.13. The van der Waals surface area contributed by atoms with Gasteiger partial charge in [0.15, 0.2) is 5.82 Å². The molecule has 1 N–H and O–H groups in total. The van der Waals surface area contributed by atoms with Gasteiger partial charge >= 0.3 is 0 Å². The molecule has 0 atom stereocenters. The van der Waals surface area contributed by atoms with Gasteiger partial charge in [0.25, 0.3) is 0 Å². The highest BCUT2D eigenvalue weighted by molar-refractivity contribution is 5.92. The van der Waals surface area contributed by atoms with Crippen molar-refractivity contribution in [2.75, 3.05) is 5.32 Å². The minimum Gasteiger partial charge on any atom is -0.438 e. The van der Waals surface area contributed by atoms with Crippen LogP contribution in [-0.4, -0.2) is 25.8 Å². The number of benzene rings is 1. The van der Waals surface area contributed by atoms with Gasteiger partial charge in [-0.15, -0.1) is 10.2 Å². The fourth-order valence-electron chi connectivity index (χ4n) is 2.84. The number of aryl methyl sites for hydroxylation is 2. The molecule has 0 saturated carbocycles. The summed E-state index contributed by atoms with van der Waals surface area (Å²) in [6, 6.07) is 14.5. The van der Waals surface area contributed by atoms with E-state index in [1.807, 2.05) is 42.1 Å². The van der Waals surface area contributed by atoms with Crippen molar-refractivity contribution in [2.45, 2.75) is 20.3 Å². The fraction of sp³-hybridized carbons (Fsp3) is 0.143. The Morgan fingerprint density at radius 3 is 2.45 bits per heavy atom. The van der Waals surface area contributed by atoms with Crippen molar-refractivity contribution in [1.29, 1.82) is 0 Å². The number of anilines is 1. The Balaban J connectivity index is 1.36. The van der Waals surface area contributed by atoms with Gasteiger partial charge in [-0.05, 0) is 56.3 Å². The molecule has 1 amide bonds. The molecule has 3 aromatic heterocycles. The molecule has 4 aromatic rings. The standard InChI is InChI=1S/C21H19N5O3/c1-14-18(15(2)29-25-14)13-20(27)22-16-5-7-17(8-6-16)28-21-10-9-19(23-24-21)26-11-3-4-12-26/h3-12H,13H2,1-2H3,(H,22,27). The topological polar surface area (TPSA) is 95.1 Å². The lowest BCUT2D eigenvalue weighted by Gasteiger charge is -2.08. The third-order valence-corrected chi connectivity index (χ3v) is 4.37. The Bertz CT molecular complexity index is 1080. The van der Waals surface area contributed by atoms with E-state index < -0.39 is 0 Å². The van der Waals surface area contributed by atoms with Gasteiger partial charge in [-0.2, -0.15) is 0 Å². The molecule has 146 valence electrons. The van der Waals surface area contributed by atoms with Crippen LogP contribution in [0.25, 0.3) is 5.82 Å². The van der Waals surface area contributed by atoms with E-state index in [-0.39, 0.29) is 12.3 Å². The summed E-state index contributed by atoms with van der Waals surface area (Å²) in [5.41, 5.74) is 2.21. The summed E-state index contributed by atoms with van der Waals surface area (Å²) in [6.07, 6.45) is 4.00. The largest absolute Gasteiger partial charge is 0.438 e. The third-order valence-electron chi connectivity index (χ3n) is 4.37. The molecule has 8 nitrogen and oxygen atoms in total. The van der Waals surface area contributed by atoms with Crippen molar-refractivity contribution in [2.24, 2.45) is 0 Å². The van der Waals surface area contributed by atoms with Gasteiger partial charge in [-0.3, -0.25) is 4.79 Å². The summed E-state index contributed by atoms with van der Waals surface area (Å²) >= 11 is 0. The molecule has 0 bridgehead atoms. The second-order valence-electron chi connectivity index (χ2n) is 6.47. The first-order valence-corrected chi connectivity index (χ1v) is 9.05. The molecule has 8 heteroatoms. The van der Waals surface area contributed by atoms with Crippen LogP contribution in [0.15, 0.2) is 65.4 Å². The van der Waals surface area contributed by atoms with Gasteiger partial charge in [0.1, 0.15) is 11.5 Å². The molecular weight excluding hydrogens is 370 g/mol. The van der Waals surface area contributed by atoms with Gasteiger partial charge in [0.05, 0.1) is 12.1 Å². The predicted octanol–water partition coefficient (Wildman–Crippen LogP) is 3.85. The van der Waals surface area contributed by atoms with Gasteiger partial charge in [-0.1, -0.05) is 5.16 Å². The molecule has 0 fully saturated rings. The molecule has 0 aliphatic heterocycles. The van der Waals surface area contributed by atoms with Gasteiger partial charge in [0.2, 0.25) is 11.8 Å². The maximum absolute atomic E-state index is 12.3. The maximum Gasteiger partial charge on any atom is 0.238 e. The zero-order valence-corrected chi connectivity index (χ0v) is 16.0. The Kier molecular flexibility index (Phi) is 5.07. The lowest BCUT2D eigenvalue weighted by molar-refractivity contribution is -0.115. The van der Waals surface area contributed by atoms with Crippen LogP contribution in [0.5, 0.6) is 11.6 Å². The van der Waals surface area contributed by atoms with Crippen LogP contribution < -0.4 is 10.1 Å². The molecule has 29 heavy (non-hydrogen) atoms. The van der Waals surface area contributed by atoms with Crippen molar-refractivity contribution in [3.05, 3.63) is 77.9 Å². The lowest BCUT2D eigenvalue weighted by Crippen LogP contribution is -2.15. The summed E-state index contributed by atoms with van der Waals surface area (Å²) in [4.78, 5) is 12.3. The number of nitrogens with zero attached hydrogens (tertiary/aromatic N) is 4. The quantitative estimate of drug-likeness (QED) is 0.538. The molecule has 1 aromatic carbocycles. The molecule has 0 radical (unpaired) electrons. The third kappa shape index (κ3) is 4.32. The molecule has 0 spiro atoms. The Labute approximate surface area is 167 Å². The monoisotopic (exact) mass is 389 g/mol. The molecule has 0 aliphatic rings. The van der Waals surface area contributed by atoms with E-state index in [0.717, 1.165) is 11.3 Å². The average Bonchev–Trinajstić information content (AvgIpc) is 3.36. The van der Waals surface area contributed by atoms with Crippen LogP contribution in [0.2, 0.25) is 0 Å². The van der Waals surface area contributed by atoms with Crippen LogP contribution in [-0.2, 0) is 11.2 Å². The number of ether oxygens (including phenoxy) is 1. The Morgan fingerprint density at radius 2 is 1.83 bits per heavy atom. The maximum atomic E-state index is 12.3. The zero-order chi connectivity index (χ0) is 20.2. The second kappa shape index (κ2) is 7.97. The van der Waals surface area contributed by atoms with E-state index in [1.54, 1.807) is 37.3 Å². The lowest BCUT2D eigenvalue weighted by atomic mass is 10.1. The number of carbonyl (C=O) groups excluding carboxylic acids is 1. The van der Waals surface area contributed by atoms with E-state index in [9.17, 15) is 4.79 Å². The van der Waals surface area contributed by atoms with Crippen LogP contribution in [0, 0.1) is 13.8 Å². The van der Waals surface area contributed by atoms with E-state index in [4.69, 9.17) is 9.26 Å². The summed E-state index contributed by atoms with van der Waals surface area (Å²) < 4.78 is 12.7. The van der Waals surface area contributed by atoms with E-state index in [0.29, 0.717) is 28.9 Å². The fourth-order valence-corrected chi connectivity index (χ4v) is 2.84. The van der Waals surface area contributed by atoms with Gasteiger partial charge in [0, 0.05) is 29.7 Å². The molecular formula is C21H19N5O3. The van der Waals surface area contributed by atoms with Crippen LogP contribution in [0.4, 0.5) is 5.69 Å². The number of rotatable bonds is 6. The average molecular weight is 389 g/mol. The second-order valence-corrected chi connectivity index (χ2v) is 6.47. The molecule has 0 aliphatic carbocycles. The van der Waals surface area contributed by atoms with Crippen molar-refractivity contribution in [1.82, 2.24) is 19.9 Å². The van der Waals surface area contributed by atoms with Gasteiger partial charge in [-0.25, -0.2) is 0 Å². The number of carbonyl (C=O) groups is 1. The van der Waals surface area contributed by atoms with E-state index in [1.165, 1.54) is 0 Å². The Morgan fingerprint density at radius 1 is 1.07 bits per heavy atom. The van der Waals surface area contributed by atoms with E-state index >= 15 is 0 Å². The van der Waals surface area contributed by atoms with Crippen molar-refractivity contribution >= 4 is 11.6 Å². The SMILES string of the molecule is Cc1noc(C)c1CC(=O)Nc1ccc(Oc2ccc(-n3cccc3)nn2)cc1. The molecule has 3 heterocycles. The number of nitrogens with one attached hydrogen (secondary N) is 1. The number of hydrogen-bond acceptors (Lipinski definition) is 6. The Hall–Kier alpha value is -3.94. The van der Waals surface area contributed by atoms with Crippen molar-refractivity contribution in [3.63, 3.8) is 0 Å². The minimum absolute atomic E-state index is 0.139. The smallest absolute Gasteiger partial charge is 0.238 e. The highest BCUT2D eigenvalue weighted by Crippen LogP contribution is 2.22. The first kappa shape index (κ1) is 18.4. The summed E-state index contributed by atoms with van der Waals surface area (Å²) in [7, 11) is 0. The minimum atomic E-state index is -0.139. The van der Waals surface area contributed by atoms with Crippen LogP contribution in [0.1, 0.15) is 17.0 Å². The molecule has 0 unspecified atom stereocenters. The van der Waals surface area contributed by atoms with Crippen LogP contribution in [0.3, 0.4) is 0 Å². The number of amides is 1. The van der Waals surface area contributed by atoms with E-state index in [2.05, 4.69) is 20.7 Å². The summed E-state index contributed by atoms with van der Waals surface area (Å²) in [6.45, 7) is 3.61. The predicted molar refractivity (Wildman–Crippen MR) is 106 cm³/mol. The zero-order valence-electron chi connectivity index (χ0n) is 16.0. The highest BCUT2D eigenvalue weighted by atomic mass is 16.5. The number of aromatic nitrogens is 4. The summed E-state index contributed by atoms with van der Waals surface area (Å²) in [5, 5.41) is 14.9. The molecule has 0 saturated heterocycles. The first-order chi connectivity index (χ1) is 14.1. The van der Waals surface area contributed by atoms with Crippen molar-refractivity contribution in [3.8, 4) is 17.4 Å².